The number of carbonyl (C=O) groups is 3. The summed E-state index contributed by atoms with van der Waals surface area (Å²) in [7, 11) is 1.24. The van der Waals surface area contributed by atoms with Gasteiger partial charge < -0.3 is 15.0 Å². The quantitative estimate of drug-likeness (QED) is 0.321. The number of aromatic nitrogens is 4. The Morgan fingerprint density at radius 3 is 2.65 bits per heavy atom. The van der Waals surface area contributed by atoms with E-state index in [1.165, 1.54) is 23.1 Å². The molecule has 0 saturated carbocycles. The van der Waals surface area contributed by atoms with Crippen LogP contribution in [0.3, 0.4) is 0 Å². The highest BCUT2D eigenvalue weighted by Crippen LogP contribution is 2.21. The topological polar surface area (TPSA) is 128 Å². The third-order valence-electron chi connectivity index (χ3n) is 5.44. The van der Waals surface area contributed by atoms with Crippen LogP contribution in [0.2, 0.25) is 0 Å². The number of amides is 1. The van der Waals surface area contributed by atoms with Gasteiger partial charge in [-0.25, -0.2) is 14.3 Å². The van der Waals surface area contributed by atoms with Gasteiger partial charge in [-0.1, -0.05) is 18.2 Å². The molecule has 3 heterocycles. The molecule has 0 aliphatic rings. The van der Waals surface area contributed by atoms with Crippen LogP contribution in [0.25, 0.3) is 5.65 Å². The largest absolute Gasteiger partial charge is 0.465 e. The number of hydrogen-bond acceptors (Lipinski definition) is 6. The zero-order valence-corrected chi connectivity index (χ0v) is 18.9. The van der Waals surface area contributed by atoms with Crippen LogP contribution in [-0.4, -0.2) is 43.9 Å². The lowest BCUT2D eigenvalue weighted by Crippen LogP contribution is -2.21. The highest BCUT2D eigenvalue weighted by molar-refractivity contribution is 6.02. The van der Waals surface area contributed by atoms with Crippen molar-refractivity contribution in [1.29, 1.82) is 0 Å². The van der Waals surface area contributed by atoms with Crippen LogP contribution in [0.15, 0.2) is 53.5 Å². The van der Waals surface area contributed by atoms with Gasteiger partial charge in [0.1, 0.15) is 0 Å². The first kappa shape index (κ1) is 22.7. The molecule has 0 saturated heterocycles. The number of anilines is 1. The number of fused-ring (bicyclic) bond motifs is 1. The zero-order chi connectivity index (χ0) is 24.4. The molecule has 0 aliphatic heterocycles. The zero-order valence-electron chi connectivity index (χ0n) is 18.9. The molecule has 34 heavy (non-hydrogen) atoms. The van der Waals surface area contributed by atoms with Crippen molar-refractivity contribution in [3.63, 3.8) is 0 Å². The number of Topliss-reactive ketones (excluding diaryl/α,β-unsaturated/α-hetero) is 1. The van der Waals surface area contributed by atoms with Crippen molar-refractivity contribution < 1.29 is 19.1 Å². The molecule has 0 radical (unpaired) electrons. The Kier molecular flexibility index (Phi) is 6.13. The Labute approximate surface area is 194 Å². The van der Waals surface area contributed by atoms with E-state index in [-0.39, 0.29) is 41.6 Å². The fourth-order valence-electron chi connectivity index (χ4n) is 3.88. The molecule has 1 amide bonds. The van der Waals surface area contributed by atoms with Crippen LogP contribution in [0, 0.1) is 6.92 Å². The van der Waals surface area contributed by atoms with Crippen LogP contribution in [0.4, 0.5) is 5.69 Å². The molecular formula is C24H23N5O5. The minimum atomic E-state index is -0.621. The van der Waals surface area contributed by atoms with E-state index in [2.05, 4.69) is 15.4 Å². The number of H-pyrrole nitrogens is 1. The molecule has 0 spiro atoms. The Morgan fingerprint density at radius 2 is 1.94 bits per heavy atom. The van der Waals surface area contributed by atoms with Crippen LogP contribution < -0.4 is 11.0 Å². The average Bonchev–Trinajstić information content (AvgIpc) is 3.30. The van der Waals surface area contributed by atoms with Crippen LogP contribution in [-0.2, 0) is 22.5 Å². The van der Waals surface area contributed by atoms with Crippen molar-refractivity contribution in [2.75, 3.05) is 12.4 Å². The number of aromatic amines is 1. The number of methoxy groups -OCH3 is 1. The summed E-state index contributed by atoms with van der Waals surface area (Å²) in [5.74, 6) is -1.25. The summed E-state index contributed by atoms with van der Waals surface area (Å²) in [6, 6.07) is 12.4. The van der Waals surface area contributed by atoms with Gasteiger partial charge in [-0.15, -0.1) is 5.10 Å². The van der Waals surface area contributed by atoms with Crippen molar-refractivity contribution in [3.05, 3.63) is 87.2 Å². The van der Waals surface area contributed by atoms with E-state index in [1.54, 1.807) is 49.5 Å². The lowest BCUT2D eigenvalue weighted by molar-refractivity contribution is -0.115. The second-order valence-electron chi connectivity index (χ2n) is 7.82. The summed E-state index contributed by atoms with van der Waals surface area (Å²) >= 11 is 0. The van der Waals surface area contributed by atoms with Gasteiger partial charge in [0, 0.05) is 24.5 Å². The van der Waals surface area contributed by atoms with Crippen LogP contribution in [0.5, 0.6) is 0 Å². The highest BCUT2D eigenvalue weighted by atomic mass is 16.5. The summed E-state index contributed by atoms with van der Waals surface area (Å²) < 4.78 is 7.62. The fourth-order valence-corrected chi connectivity index (χ4v) is 3.88. The monoisotopic (exact) mass is 461 g/mol. The standard InChI is InChI=1S/C24H23N5O5/c1-14-21(23(32)34-3)18(26-22(14)15(2)30)12-20(31)25-17-8-6-7-16(11-17)13-29-24(33)28-10-5-4-9-19(28)27-29/h4-11,26H,12-13H2,1-3H3,(H,25,31). The van der Waals surface area contributed by atoms with E-state index >= 15 is 0 Å². The molecule has 2 N–H and O–H groups in total. The Balaban J connectivity index is 1.52. The molecule has 0 atom stereocenters. The van der Waals surface area contributed by atoms with Gasteiger partial charge >= 0.3 is 11.7 Å². The average molecular weight is 461 g/mol. The van der Waals surface area contributed by atoms with Gasteiger partial charge in [0.15, 0.2) is 11.4 Å². The maximum atomic E-state index is 12.7. The van der Waals surface area contributed by atoms with Crippen molar-refractivity contribution in [2.24, 2.45) is 0 Å². The maximum absolute atomic E-state index is 12.7. The Bertz CT molecular complexity index is 1480. The van der Waals surface area contributed by atoms with Crippen molar-refractivity contribution in [3.8, 4) is 0 Å². The van der Waals surface area contributed by atoms with E-state index in [0.717, 1.165) is 5.56 Å². The van der Waals surface area contributed by atoms with Gasteiger partial charge in [0.05, 0.1) is 31.3 Å². The summed E-state index contributed by atoms with van der Waals surface area (Å²) in [6.45, 7) is 3.24. The number of esters is 1. The minimum Gasteiger partial charge on any atom is -0.465 e. The molecule has 10 heteroatoms. The predicted octanol–water partition coefficient (Wildman–Crippen LogP) is 2.35. The second-order valence-corrected chi connectivity index (χ2v) is 7.82. The first-order chi connectivity index (χ1) is 16.3. The molecule has 0 bridgehead atoms. The number of pyridine rings is 1. The number of nitrogens with one attached hydrogen (secondary N) is 2. The minimum absolute atomic E-state index is 0.158. The third kappa shape index (κ3) is 4.38. The Morgan fingerprint density at radius 1 is 1.15 bits per heavy atom. The molecule has 4 aromatic rings. The highest BCUT2D eigenvalue weighted by Gasteiger charge is 2.24. The summed E-state index contributed by atoms with van der Waals surface area (Å²) in [6.07, 6.45) is 1.49. The molecule has 0 aliphatic carbocycles. The van der Waals surface area contributed by atoms with E-state index < -0.39 is 5.97 Å². The number of nitrogens with zero attached hydrogens (tertiary/aromatic N) is 3. The van der Waals surface area contributed by atoms with Crippen LogP contribution >= 0.6 is 0 Å². The van der Waals surface area contributed by atoms with E-state index in [0.29, 0.717) is 22.6 Å². The second kappa shape index (κ2) is 9.18. The van der Waals surface area contributed by atoms with E-state index in [1.807, 2.05) is 6.07 Å². The SMILES string of the molecule is COC(=O)c1c(CC(=O)Nc2cccc(Cn3nc4ccccn4c3=O)c2)[nH]c(C(C)=O)c1C. The Hall–Kier alpha value is -4.47. The number of benzene rings is 1. The predicted molar refractivity (Wildman–Crippen MR) is 124 cm³/mol. The number of hydrogen-bond donors (Lipinski definition) is 2. The summed E-state index contributed by atoms with van der Waals surface area (Å²) in [5, 5.41) is 7.11. The van der Waals surface area contributed by atoms with Gasteiger partial charge in [0.2, 0.25) is 5.91 Å². The maximum Gasteiger partial charge on any atom is 0.350 e. The van der Waals surface area contributed by atoms with E-state index in [9.17, 15) is 19.2 Å². The smallest absolute Gasteiger partial charge is 0.350 e. The number of ether oxygens (including phenoxy) is 1. The summed E-state index contributed by atoms with van der Waals surface area (Å²) in [5.41, 5.74) is 2.78. The molecular weight excluding hydrogens is 438 g/mol. The lowest BCUT2D eigenvalue weighted by Gasteiger charge is -2.08. The fraction of sp³-hybridized carbons (Fsp3) is 0.208. The van der Waals surface area contributed by atoms with E-state index in [4.69, 9.17) is 4.74 Å². The molecule has 4 rings (SSSR count). The van der Waals surface area contributed by atoms with Crippen LogP contribution in [0.1, 0.15) is 44.6 Å². The first-order valence-corrected chi connectivity index (χ1v) is 10.5. The first-order valence-electron chi connectivity index (χ1n) is 10.5. The molecule has 0 fully saturated rings. The van der Waals surface area contributed by atoms with Crippen molar-refractivity contribution >= 4 is 29.0 Å². The number of carbonyl (C=O) groups excluding carboxylic acids is 3. The summed E-state index contributed by atoms with van der Waals surface area (Å²) in [4.78, 5) is 52.2. The molecule has 10 nitrogen and oxygen atoms in total. The number of ketones is 1. The van der Waals surface area contributed by atoms with Gasteiger partial charge in [-0.2, -0.15) is 0 Å². The number of rotatable bonds is 7. The third-order valence-corrected chi connectivity index (χ3v) is 5.44. The van der Waals surface area contributed by atoms with Crippen molar-refractivity contribution in [1.82, 2.24) is 19.2 Å². The van der Waals surface area contributed by atoms with Crippen molar-refractivity contribution in [2.45, 2.75) is 26.8 Å². The van der Waals surface area contributed by atoms with Gasteiger partial charge in [-0.3, -0.25) is 14.0 Å². The molecule has 174 valence electrons. The lowest BCUT2D eigenvalue weighted by atomic mass is 10.1. The molecule has 1 aromatic carbocycles. The molecule has 3 aromatic heterocycles. The van der Waals surface area contributed by atoms with Gasteiger partial charge in [-0.05, 0) is 42.3 Å². The normalized spacial score (nSPS) is 10.9. The molecule has 0 unspecified atom stereocenters. The van der Waals surface area contributed by atoms with Gasteiger partial charge in [0.25, 0.3) is 0 Å².